The molecule has 1 aliphatic carbocycles. The Morgan fingerprint density at radius 2 is 1.89 bits per heavy atom. The molecule has 0 aromatic heterocycles. The first-order chi connectivity index (χ1) is 9.12. The summed E-state index contributed by atoms with van der Waals surface area (Å²) < 4.78 is 0. The number of hydrogen-bond acceptors (Lipinski definition) is 3. The van der Waals surface area contributed by atoms with Crippen LogP contribution in [0.1, 0.15) is 31.2 Å². The van der Waals surface area contributed by atoms with E-state index in [1.807, 2.05) is 18.2 Å². The number of anilines is 1. The molecule has 1 spiro atoms. The Balaban J connectivity index is 1.84. The maximum absolute atomic E-state index is 12.5. The summed E-state index contributed by atoms with van der Waals surface area (Å²) in [5.74, 6) is -0.0988. The topological polar surface area (TPSA) is 75.4 Å². The third-order valence-electron chi connectivity index (χ3n) is 4.09. The molecule has 3 rings (SSSR count). The first-order valence-corrected chi connectivity index (χ1v) is 6.60. The summed E-state index contributed by atoms with van der Waals surface area (Å²) in [6.45, 7) is 0.249. The van der Waals surface area contributed by atoms with Crippen LogP contribution in [0.25, 0.3) is 0 Å². The van der Waals surface area contributed by atoms with Gasteiger partial charge < -0.3 is 11.1 Å². The Bertz CT molecular complexity index is 535. The van der Waals surface area contributed by atoms with Crippen LogP contribution in [0.4, 0.5) is 10.5 Å². The SMILES string of the molecule is Nc1ccccc1CN1C(=O)NC2(CCCC2)C1=O. The average Bonchev–Trinajstić information content (AvgIpc) is 2.94. The molecule has 1 heterocycles. The van der Waals surface area contributed by atoms with Crippen LogP contribution in [0.2, 0.25) is 0 Å². The van der Waals surface area contributed by atoms with Crippen LogP contribution >= 0.6 is 0 Å². The van der Waals surface area contributed by atoms with Crippen molar-refractivity contribution in [1.29, 1.82) is 0 Å². The molecule has 2 aliphatic rings. The van der Waals surface area contributed by atoms with Crippen molar-refractivity contribution in [2.75, 3.05) is 5.73 Å². The zero-order valence-electron chi connectivity index (χ0n) is 10.7. The fourth-order valence-electron chi connectivity index (χ4n) is 2.99. The molecule has 5 heteroatoms. The van der Waals surface area contributed by atoms with Gasteiger partial charge in [0.15, 0.2) is 0 Å². The van der Waals surface area contributed by atoms with E-state index >= 15 is 0 Å². The number of carbonyl (C=O) groups is 2. The average molecular weight is 259 g/mol. The van der Waals surface area contributed by atoms with Crippen molar-refractivity contribution in [1.82, 2.24) is 10.2 Å². The van der Waals surface area contributed by atoms with Crippen molar-refractivity contribution in [3.8, 4) is 0 Å². The van der Waals surface area contributed by atoms with Gasteiger partial charge in [-0.25, -0.2) is 4.79 Å². The van der Waals surface area contributed by atoms with Gasteiger partial charge in [-0.3, -0.25) is 9.69 Å². The molecule has 3 amide bonds. The lowest BCUT2D eigenvalue weighted by Crippen LogP contribution is -2.44. The summed E-state index contributed by atoms with van der Waals surface area (Å²) in [6.07, 6.45) is 3.48. The van der Waals surface area contributed by atoms with E-state index in [2.05, 4.69) is 5.32 Å². The van der Waals surface area contributed by atoms with Crippen molar-refractivity contribution in [2.45, 2.75) is 37.8 Å². The van der Waals surface area contributed by atoms with Crippen molar-refractivity contribution in [2.24, 2.45) is 0 Å². The second-order valence-corrected chi connectivity index (χ2v) is 5.31. The molecule has 1 saturated carbocycles. The largest absolute Gasteiger partial charge is 0.398 e. The highest BCUT2D eigenvalue weighted by Crippen LogP contribution is 2.35. The first kappa shape index (κ1) is 12.0. The molecule has 1 aliphatic heterocycles. The van der Waals surface area contributed by atoms with Gasteiger partial charge in [-0.15, -0.1) is 0 Å². The molecule has 0 atom stereocenters. The van der Waals surface area contributed by atoms with Crippen LogP contribution in [0.15, 0.2) is 24.3 Å². The third-order valence-corrected chi connectivity index (χ3v) is 4.09. The van der Waals surface area contributed by atoms with E-state index in [4.69, 9.17) is 5.73 Å². The lowest BCUT2D eigenvalue weighted by molar-refractivity contribution is -0.131. The smallest absolute Gasteiger partial charge is 0.325 e. The number of hydrogen-bond donors (Lipinski definition) is 2. The molecular formula is C14H17N3O2. The standard InChI is InChI=1S/C14H17N3O2/c15-11-6-2-1-5-10(11)9-17-12(18)14(16-13(17)19)7-3-4-8-14/h1-2,5-6H,3-4,7-9,15H2,(H,16,19). The van der Waals surface area contributed by atoms with Crippen LogP contribution in [0, 0.1) is 0 Å². The molecule has 3 N–H and O–H groups in total. The predicted molar refractivity (Wildman–Crippen MR) is 71.1 cm³/mol. The number of nitrogens with one attached hydrogen (secondary N) is 1. The molecule has 2 fully saturated rings. The minimum Gasteiger partial charge on any atom is -0.398 e. The van der Waals surface area contributed by atoms with E-state index in [0.29, 0.717) is 5.69 Å². The number of nitrogen functional groups attached to an aromatic ring is 1. The summed E-state index contributed by atoms with van der Waals surface area (Å²) in [7, 11) is 0. The minimum atomic E-state index is -0.638. The van der Waals surface area contributed by atoms with E-state index in [9.17, 15) is 9.59 Å². The van der Waals surface area contributed by atoms with Crippen LogP contribution in [-0.2, 0) is 11.3 Å². The van der Waals surface area contributed by atoms with E-state index in [-0.39, 0.29) is 18.5 Å². The number of para-hydroxylation sites is 1. The van der Waals surface area contributed by atoms with E-state index in [0.717, 1.165) is 31.2 Å². The number of urea groups is 1. The zero-order valence-corrected chi connectivity index (χ0v) is 10.7. The number of benzene rings is 1. The van der Waals surface area contributed by atoms with Crippen LogP contribution in [0.5, 0.6) is 0 Å². The highest BCUT2D eigenvalue weighted by molar-refractivity contribution is 6.07. The molecule has 1 aromatic carbocycles. The summed E-state index contributed by atoms with van der Waals surface area (Å²) in [4.78, 5) is 25.8. The number of nitrogens with zero attached hydrogens (tertiary/aromatic N) is 1. The molecule has 0 radical (unpaired) electrons. The molecule has 19 heavy (non-hydrogen) atoms. The summed E-state index contributed by atoms with van der Waals surface area (Å²) in [5.41, 5.74) is 6.64. The quantitative estimate of drug-likeness (QED) is 0.626. The van der Waals surface area contributed by atoms with Crippen LogP contribution < -0.4 is 11.1 Å². The molecule has 100 valence electrons. The van der Waals surface area contributed by atoms with Crippen molar-refractivity contribution in [3.05, 3.63) is 29.8 Å². The maximum Gasteiger partial charge on any atom is 0.325 e. The molecule has 1 saturated heterocycles. The van der Waals surface area contributed by atoms with Gasteiger partial charge in [0, 0.05) is 5.69 Å². The Morgan fingerprint density at radius 1 is 1.21 bits per heavy atom. The third kappa shape index (κ3) is 1.85. The van der Waals surface area contributed by atoms with Crippen molar-refractivity contribution in [3.63, 3.8) is 0 Å². The Kier molecular flexibility index (Phi) is 2.69. The van der Waals surface area contributed by atoms with Gasteiger partial charge in [0.05, 0.1) is 6.54 Å². The fourth-order valence-corrected chi connectivity index (χ4v) is 2.99. The van der Waals surface area contributed by atoms with Gasteiger partial charge in [0.1, 0.15) is 5.54 Å². The Hall–Kier alpha value is -2.04. The highest BCUT2D eigenvalue weighted by atomic mass is 16.2. The van der Waals surface area contributed by atoms with Crippen LogP contribution in [-0.4, -0.2) is 22.4 Å². The van der Waals surface area contributed by atoms with Gasteiger partial charge in [-0.05, 0) is 24.5 Å². The minimum absolute atomic E-state index is 0.0988. The lowest BCUT2D eigenvalue weighted by Gasteiger charge is -2.20. The van der Waals surface area contributed by atoms with Gasteiger partial charge in [0.2, 0.25) is 0 Å². The molecule has 5 nitrogen and oxygen atoms in total. The van der Waals surface area contributed by atoms with E-state index in [1.165, 1.54) is 4.90 Å². The van der Waals surface area contributed by atoms with Crippen LogP contribution in [0.3, 0.4) is 0 Å². The van der Waals surface area contributed by atoms with Gasteiger partial charge >= 0.3 is 6.03 Å². The second-order valence-electron chi connectivity index (χ2n) is 5.31. The number of nitrogens with two attached hydrogens (primary N) is 1. The summed E-state index contributed by atoms with van der Waals surface area (Å²) in [5, 5.41) is 2.87. The lowest BCUT2D eigenvalue weighted by atomic mass is 9.98. The maximum atomic E-state index is 12.5. The van der Waals surface area contributed by atoms with E-state index < -0.39 is 5.54 Å². The molecular weight excluding hydrogens is 242 g/mol. The van der Waals surface area contributed by atoms with E-state index in [1.54, 1.807) is 6.07 Å². The Labute approximate surface area is 111 Å². The number of imide groups is 1. The number of carbonyl (C=O) groups excluding carboxylic acids is 2. The monoisotopic (exact) mass is 259 g/mol. The summed E-state index contributed by atoms with van der Waals surface area (Å²) in [6, 6.07) is 7.02. The number of rotatable bonds is 2. The van der Waals surface area contributed by atoms with Gasteiger partial charge in [0.25, 0.3) is 5.91 Å². The van der Waals surface area contributed by atoms with Crippen molar-refractivity contribution < 1.29 is 9.59 Å². The highest BCUT2D eigenvalue weighted by Gasteiger charge is 2.52. The Morgan fingerprint density at radius 3 is 2.58 bits per heavy atom. The molecule has 0 unspecified atom stereocenters. The van der Waals surface area contributed by atoms with Gasteiger partial charge in [-0.1, -0.05) is 31.0 Å². The van der Waals surface area contributed by atoms with Gasteiger partial charge in [-0.2, -0.15) is 0 Å². The number of amides is 3. The first-order valence-electron chi connectivity index (χ1n) is 6.60. The molecule has 0 bridgehead atoms. The zero-order chi connectivity index (χ0) is 13.5. The van der Waals surface area contributed by atoms with Crippen molar-refractivity contribution >= 4 is 17.6 Å². The fraction of sp³-hybridized carbons (Fsp3) is 0.429. The normalized spacial score (nSPS) is 21.2. The predicted octanol–water partition coefficient (Wildman–Crippen LogP) is 1.63. The second kappa shape index (κ2) is 4.26. The summed E-state index contributed by atoms with van der Waals surface area (Å²) >= 11 is 0. The molecule has 1 aromatic rings.